The minimum atomic E-state index is 0.213. The van der Waals surface area contributed by atoms with Gasteiger partial charge in [-0.1, -0.05) is 56.3 Å². The highest BCUT2D eigenvalue weighted by atomic mass is 16.5. The molecule has 0 fully saturated rings. The van der Waals surface area contributed by atoms with Crippen molar-refractivity contribution in [2.75, 3.05) is 0 Å². The van der Waals surface area contributed by atoms with E-state index in [2.05, 4.69) is 49.4 Å². The van der Waals surface area contributed by atoms with Gasteiger partial charge in [-0.05, 0) is 42.5 Å². The number of fused-ring (bicyclic) bond motifs is 1. The molecule has 1 aliphatic rings. The Hall–Kier alpha value is -1.76. The minimum Gasteiger partial charge on any atom is -0.485 e. The molecule has 1 unspecified atom stereocenters. The van der Waals surface area contributed by atoms with Crippen LogP contribution >= 0.6 is 0 Å². The lowest BCUT2D eigenvalue weighted by Crippen LogP contribution is -2.15. The maximum atomic E-state index is 6.10. The fourth-order valence-electron chi connectivity index (χ4n) is 2.38. The lowest BCUT2D eigenvalue weighted by molar-refractivity contribution is 0.176. The summed E-state index contributed by atoms with van der Waals surface area (Å²) >= 11 is 0. The molecule has 1 heterocycles. The Balaban J connectivity index is 0.000000637. The van der Waals surface area contributed by atoms with Crippen LogP contribution in [0.1, 0.15) is 43.1 Å². The molecule has 0 aromatic heterocycles. The molecule has 0 spiro atoms. The number of benzene rings is 2. The van der Waals surface area contributed by atoms with Gasteiger partial charge in [-0.2, -0.15) is 0 Å². The molecule has 19 heavy (non-hydrogen) atoms. The van der Waals surface area contributed by atoms with Crippen molar-refractivity contribution in [1.82, 2.24) is 0 Å². The minimum absolute atomic E-state index is 0.213. The maximum absolute atomic E-state index is 6.10. The van der Waals surface area contributed by atoms with Crippen molar-refractivity contribution in [3.8, 4) is 5.75 Å². The molecule has 1 heteroatoms. The molecule has 3 rings (SSSR count). The number of hydrogen-bond acceptors (Lipinski definition) is 1. The van der Waals surface area contributed by atoms with Gasteiger partial charge in [0.1, 0.15) is 11.9 Å². The van der Waals surface area contributed by atoms with Gasteiger partial charge < -0.3 is 4.74 Å². The summed E-state index contributed by atoms with van der Waals surface area (Å²) in [5.41, 5.74) is 3.87. The molecule has 1 nitrogen and oxygen atoms in total. The molecular weight excluding hydrogens is 232 g/mol. The first-order valence-electron chi connectivity index (χ1n) is 7.14. The second-order valence-electron chi connectivity index (χ2n) is 4.67. The van der Waals surface area contributed by atoms with Gasteiger partial charge in [0, 0.05) is 0 Å². The molecule has 2 aromatic rings. The summed E-state index contributed by atoms with van der Waals surface area (Å²) < 4.78 is 6.10. The molecule has 0 saturated carbocycles. The zero-order valence-corrected chi connectivity index (χ0v) is 12.0. The van der Waals surface area contributed by atoms with Crippen LogP contribution in [0.3, 0.4) is 0 Å². The van der Waals surface area contributed by atoms with Crippen LogP contribution in [0.5, 0.6) is 5.75 Å². The number of rotatable bonds is 1. The van der Waals surface area contributed by atoms with E-state index < -0.39 is 0 Å². The lowest BCUT2D eigenvalue weighted by atomic mass is 9.97. The van der Waals surface area contributed by atoms with Crippen molar-refractivity contribution in [3.05, 3.63) is 65.2 Å². The van der Waals surface area contributed by atoms with Crippen LogP contribution in [0.15, 0.2) is 48.5 Å². The van der Waals surface area contributed by atoms with Gasteiger partial charge in [0.2, 0.25) is 0 Å². The fraction of sp³-hybridized carbons (Fsp3) is 0.333. The smallest absolute Gasteiger partial charge is 0.124 e. The van der Waals surface area contributed by atoms with Gasteiger partial charge in [0.15, 0.2) is 0 Å². The highest BCUT2D eigenvalue weighted by Crippen LogP contribution is 2.35. The fourth-order valence-corrected chi connectivity index (χ4v) is 2.38. The van der Waals surface area contributed by atoms with Gasteiger partial charge in [-0.3, -0.25) is 0 Å². The summed E-state index contributed by atoms with van der Waals surface area (Å²) in [5.74, 6) is 1.06. The van der Waals surface area contributed by atoms with E-state index >= 15 is 0 Å². The predicted molar refractivity (Wildman–Crippen MR) is 80.7 cm³/mol. The van der Waals surface area contributed by atoms with E-state index in [-0.39, 0.29) is 6.10 Å². The summed E-state index contributed by atoms with van der Waals surface area (Å²) in [4.78, 5) is 0. The molecule has 0 saturated heterocycles. The first kappa shape index (κ1) is 13.7. The van der Waals surface area contributed by atoms with Gasteiger partial charge in [0.05, 0.1) is 0 Å². The average Bonchev–Trinajstić information content (AvgIpc) is 2.49. The SMILES string of the molecule is CC.Cc1ccc2c(c1)OC(c1ccccc1)CC2. The van der Waals surface area contributed by atoms with Crippen molar-refractivity contribution in [2.45, 2.75) is 39.7 Å². The maximum Gasteiger partial charge on any atom is 0.124 e. The first-order chi connectivity index (χ1) is 9.33. The third kappa shape index (κ3) is 3.17. The van der Waals surface area contributed by atoms with Crippen LogP contribution in [0.25, 0.3) is 0 Å². The monoisotopic (exact) mass is 254 g/mol. The zero-order valence-electron chi connectivity index (χ0n) is 12.0. The van der Waals surface area contributed by atoms with E-state index in [0.29, 0.717) is 0 Å². The van der Waals surface area contributed by atoms with Crippen LogP contribution in [-0.4, -0.2) is 0 Å². The topological polar surface area (TPSA) is 9.23 Å². The Morgan fingerprint density at radius 3 is 2.47 bits per heavy atom. The van der Waals surface area contributed by atoms with Gasteiger partial charge in [-0.25, -0.2) is 0 Å². The molecular formula is C18H22O. The molecule has 0 radical (unpaired) electrons. The van der Waals surface area contributed by atoms with E-state index in [1.54, 1.807) is 0 Å². The van der Waals surface area contributed by atoms with Crippen molar-refractivity contribution in [2.24, 2.45) is 0 Å². The highest BCUT2D eigenvalue weighted by molar-refractivity contribution is 5.39. The molecule has 1 aliphatic heterocycles. The summed E-state index contributed by atoms with van der Waals surface area (Å²) in [7, 11) is 0. The van der Waals surface area contributed by atoms with Crippen LogP contribution in [0, 0.1) is 6.92 Å². The third-order valence-corrected chi connectivity index (χ3v) is 3.34. The molecule has 100 valence electrons. The van der Waals surface area contributed by atoms with Crippen LogP contribution < -0.4 is 4.74 Å². The zero-order chi connectivity index (χ0) is 13.7. The third-order valence-electron chi connectivity index (χ3n) is 3.34. The summed E-state index contributed by atoms with van der Waals surface area (Å²) in [6, 6.07) is 17.0. The molecule has 2 aromatic carbocycles. The number of hydrogen-bond donors (Lipinski definition) is 0. The van der Waals surface area contributed by atoms with Crippen molar-refractivity contribution in [1.29, 1.82) is 0 Å². The Labute approximate surface area is 116 Å². The molecule has 0 amide bonds. The van der Waals surface area contributed by atoms with Gasteiger partial charge in [0.25, 0.3) is 0 Å². The second kappa shape index (κ2) is 6.42. The number of aryl methyl sites for hydroxylation is 2. The van der Waals surface area contributed by atoms with Crippen LogP contribution in [-0.2, 0) is 6.42 Å². The lowest BCUT2D eigenvalue weighted by Gasteiger charge is -2.26. The molecule has 0 N–H and O–H groups in total. The van der Waals surface area contributed by atoms with Gasteiger partial charge >= 0.3 is 0 Å². The molecule has 0 bridgehead atoms. The Morgan fingerprint density at radius 1 is 1.00 bits per heavy atom. The normalized spacial score (nSPS) is 16.7. The average molecular weight is 254 g/mol. The molecule has 0 aliphatic carbocycles. The van der Waals surface area contributed by atoms with Crippen LogP contribution in [0.4, 0.5) is 0 Å². The quantitative estimate of drug-likeness (QED) is 0.689. The molecule has 1 atom stereocenters. The van der Waals surface area contributed by atoms with Crippen molar-refractivity contribution in [3.63, 3.8) is 0 Å². The number of ether oxygens (including phenoxy) is 1. The summed E-state index contributed by atoms with van der Waals surface area (Å²) in [5, 5.41) is 0. The van der Waals surface area contributed by atoms with Crippen molar-refractivity contribution < 1.29 is 4.74 Å². The largest absolute Gasteiger partial charge is 0.485 e. The van der Waals surface area contributed by atoms with Gasteiger partial charge in [-0.15, -0.1) is 0 Å². The second-order valence-corrected chi connectivity index (χ2v) is 4.67. The van der Waals surface area contributed by atoms with E-state index in [0.717, 1.165) is 18.6 Å². The van der Waals surface area contributed by atoms with E-state index in [9.17, 15) is 0 Å². The van der Waals surface area contributed by atoms with E-state index in [1.165, 1.54) is 16.7 Å². The Bertz CT molecular complexity index is 516. The standard InChI is InChI=1S/C16H16O.C2H6/c1-12-7-8-14-9-10-15(17-16(14)11-12)13-5-3-2-4-6-13;1-2/h2-8,11,15H,9-10H2,1H3;1-2H3. The summed E-state index contributed by atoms with van der Waals surface area (Å²) in [6.45, 7) is 6.11. The Morgan fingerprint density at radius 2 is 1.74 bits per heavy atom. The van der Waals surface area contributed by atoms with E-state index in [4.69, 9.17) is 4.74 Å². The van der Waals surface area contributed by atoms with E-state index in [1.807, 2.05) is 19.9 Å². The van der Waals surface area contributed by atoms with Crippen molar-refractivity contribution >= 4 is 0 Å². The first-order valence-corrected chi connectivity index (χ1v) is 7.14. The predicted octanol–water partition coefficient (Wildman–Crippen LogP) is 5.09. The van der Waals surface area contributed by atoms with Crippen LogP contribution in [0.2, 0.25) is 0 Å². The highest BCUT2D eigenvalue weighted by Gasteiger charge is 2.20. The summed E-state index contributed by atoms with van der Waals surface area (Å²) in [6.07, 6.45) is 2.39. The Kier molecular flexibility index (Phi) is 4.62.